The Hall–Kier alpha value is -2.84. The second-order valence-electron chi connectivity index (χ2n) is 6.72. The van der Waals surface area contributed by atoms with Crippen LogP contribution in [0, 0.1) is 11.3 Å². The summed E-state index contributed by atoms with van der Waals surface area (Å²) in [5.41, 5.74) is 3.63. The van der Waals surface area contributed by atoms with Gasteiger partial charge in [-0.05, 0) is 22.3 Å². The van der Waals surface area contributed by atoms with E-state index in [2.05, 4.69) is 24.3 Å². The number of nitriles is 1. The number of hydrogen-bond acceptors (Lipinski definition) is 4. The maximum atomic E-state index is 12.2. The van der Waals surface area contributed by atoms with E-state index in [0.29, 0.717) is 0 Å². The van der Waals surface area contributed by atoms with Crippen molar-refractivity contribution in [2.24, 2.45) is 0 Å². The molecule has 1 aliphatic heterocycles. The summed E-state index contributed by atoms with van der Waals surface area (Å²) < 4.78 is 5.51. The van der Waals surface area contributed by atoms with Crippen molar-refractivity contribution in [3.05, 3.63) is 59.7 Å². The number of fused-ring (bicyclic) bond motifs is 3. The molecule has 1 N–H and O–H groups in total. The van der Waals surface area contributed by atoms with Gasteiger partial charge in [0.1, 0.15) is 12.2 Å². The lowest BCUT2D eigenvalue weighted by atomic mass is 9.92. The van der Waals surface area contributed by atoms with Gasteiger partial charge >= 0.3 is 6.09 Å². The Morgan fingerprint density at radius 3 is 2.28 bits per heavy atom. The van der Waals surface area contributed by atoms with Crippen LogP contribution in [0.25, 0.3) is 11.1 Å². The van der Waals surface area contributed by atoms with Gasteiger partial charge in [-0.25, -0.2) is 4.79 Å². The van der Waals surface area contributed by atoms with Crippen molar-refractivity contribution in [3.63, 3.8) is 0 Å². The fraction of sp³-hybridized carbons (Fsp3) is 0.300. The lowest BCUT2D eigenvalue weighted by Crippen LogP contribution is -2.63. The number of rotatable bonds is 3. The molecule has 0 unspecified atom stereocenters. The van der Waals surface area contributed by atoms with E-state index < -0.39 is 11.7 Å². The largest absolute Gasteiger partial charge is 0.448 e. The quantitative estimate of drug-likeness (QED) is 0.937. The number of nitrogens with zero attached hydrogens (tertiary/aromatic N) is 2. The topological polar surface area (TPSA) is 73.6 Å². The fourth-order valence-electron chi connectivity index (χ4n) is 3.74. The minimum atomic E-state index is -1.08. The second kappa shape index (κ2) is 5.91. The van der Waals surface area contributed by atoms with Gasteiger partial charge in [-0.1, -0.05) is 48.5 Å². The van der Waals surface area contributed by atoms with Crippen molar-refractivity contribution in [3.8, 4) is 17.2 Å². The number of carbonyl (C=O) groups excluding carboxylic acids is 1. The van der Waals surface area contributed by atoms with Gasteiger partial charge in [0.25, 0.3) is 0 Å². The zero-order chi connectivity index (χ0) is 17.4. The highest BCUT2D eigenvalue weighted by atomic mass is 16.6. The first kappa shape index (κ1) is 15.7. The van der Waals surface area contributed by atoms with Gasteiger partial charge in [0, 0.05) is 5.92 Å². The van der Waals surface area contributed by atoms with Gasteiger partial charge in [-0.2, -0.15) is 5.26 Å². The highest BCUT2D eigenvalue weighted by Gasteiger charge is 2.44. The first-order valence-electron chi connectivity index (χ1n) is 8.30. The van der Waals surface area contributed by atoms with Gasteiger partial charge < -0.3 is 14.7 Å². The number of ether oxygens (including phenoxy) is 1. The van der Waals surface area contributed by atoms with Crippen LogP contribution in [0.4, 0.5) is 4.79 Å². The van der Waals surface area contributed by atoms with Crippen molar-refractivity contribution >= 4 is 6.09 Å². The van der Waals surface area contributed by atoms with Crippen molar-refractivity contribution in [1.82, 2.24) is 4.90 Å². The van der Waals surface area contributed by atoms with Crippen LogP contribution in [0.15, 0.2) is 48.5 Å². The average molecular weight is 334 g/mol. The van der Waals surface area contributed by atoms with Gasteiger partial charge in [0.15, 0.2) is 0 Å². The number of β-amino-alcohol motifs (C(OH)–C–C–N with tert-alkyl or cyclic N) is 1. The normalized spacial score (nSPS) is 17.2. The van der Waals surface area contributed by atoms with Gasteiger partial charge in [0.05, 0.1) is 25.6 Å². The summed E-state index contributed by atoms with van der Waals surface area (Å²) in [7, 11) is 0. The zero-order valence-corrected chi connectivity index (χ0v) is 13.7. The third-order valence-electron chi connectivity index (χ3n) is 4.97. The Kier molecular flexibility index (Phi) is 3.70. The minimum absolute atomic E-state index is 0.0237. The molecule has 1 aliphatic carbocycles. The maximum Gasteiger partial charge on any atom is 0.409 e. The highest BCUT2D eigenvalue weighted by Crippen LogP contribution is 2.44. The highest BCUT2D eigenvalue weighted by molar-refractivity contribution is 5.79. The number of aliphatic hydroxyl groups is 1. The first-order valence-corrected chi connectivity index (χ1v) is 8.30. The van der Waals surface area contributed by atoms with Crippen LogP contribution in [-0.2, 0) is 4.74 Å². The van der Waals surface area contributed by atoms with E-state index in [1.165, 1.54) is 27.2 Å². The molecule has 0 bridgehead atoms. The monoisotopic (exact) mass is 334 g/mol. The lowest BCUT2D eigenvalue weighted by molar-refractivity contribution is -0.0850. The molecule has 126 valence electrons. The molecule has 2 aromatic rings. The van der Waals surface area contributed by atoms with E-state index in [4.69, 9.17) is 10.00 Å². The Morgan fingerprint density at radius 1 is 1.16 bits per heavy atom. The van der Waals surface area contributed by atoms with Crippen LogP contribution in [0.2, 0.25) is 0 Å². The molecule has 4 rings (SSSR count). The molecule has 0 atom stereocenters. The van der Waals surface area contributed by atoms with Crippen molar-refractivity contribution < 1.29 is 14.6 Å². The molecule has 5 heteroatoms. The molecule has 2 aromatic carbocycles. The molecule has 0 saturated carbocycles. The van der Waals surface area contributed by atoms with Crippen LogP contribution in [0.3, 0.4) is 0 Å². The number of likely N-dealkylation sites (tertiary alicyclic amines) is 1. The van der Waals surface area contributed by atoms with Crippen LogP contribution in [0.5, 0.6) is 0 Å². The molecule has 1 saturated heterocycles. The smallest absolute Gasteiger partial charge is 0.409 e. The summed E-state index contributed by atoms with van der Waals surface area (Å²) in [6, 6.07) is 18.3. The van der Waals surface area contributed by atoms with Gasteiger partial charge in [0.2, 0.25) is 0 Å². The van der Waals surface area contributed by atoms with Gasteiger partial charge in [-0.15, -0.1) is 0 Å². The summed E-state index contributed by atoms with van der Waals surface area (Å²) in [4.78, 5) is 13.6. The number of benzene rings is 2. The molecular weight excluding hydrogens is 316 g/mol. The SMILES string of the molecule is N#CCC1(O)CN(C(=O)OCC2c3ccccc3-c3ccccc32)C1. The average Bonchev–Trinajstić information content (AvgIpc) is 2.92. The van der Waals surface area contributed by atoms with Crippen LogP contribution in [-0.4, -0.2) is 41.4 Å². The summed E-state index contributed by atoms with van der Waals surface area (Å²) in [6.07, 6.45) is -0.412. The maximum absolute atomic E-state index is 12.2. The fourth-order valence-corrected chi connectivity index (χ4v) is 3.74. The Morgan fingerprint density at radius 2 is 1.72 bits per heavy atom. The third-order valence-corrected chi connectivity index (χ3v) is 4.97. The molecule has 25 heavy (non-hydrogen) atoms. The molecule has 0 radical (unpaired) electrons. The second-order valence-corrected chi connectivity index (χ2v) is 6.72. The number of hydrogen-bond donors (Lipinski definition) is 1. The summed E-state index contributed by atoms with van der Waals surface area (Å²) >= 11 is 0. The predicted octanol–water partition coefficient (Wildman–Crippen LogP) is 2.90. The van der Waals surface area contributed by atoms with Crippen LogP contribution in [0.1, 0.15) is 23.5 Å². The molecular formula is C20H18N2O3. The molecule has 1 heterocycles. The van der Waals surface area contributed by atoms with E-state index in [1.807, 2.05) is 30.3 Å². The van der Waals surface area contributed by atoms with E-state index in [1.54, 1.807) is 0 Å². The van der Waals surface area contributed by atoms with Crippen molar-refractivity contribution in [1.29, 1.82) is 5.26 Å². The molecule has 1 amide bonds. The predicted molar refractivity (Wildman–Crippen MR) is 91.8 cm³/mol. The van der Waals surface area contributed by atoms with E-state index in [-0.39, 0.29) is 32.0 Å². The summed E-state index contributed by atoms with van der Waals surface area (Å²) in [5, 5.41) is 18.7. The van der Waals surface area contributed by atoms with E-state index in [0.717, 1.165) is 0 Å². The van der Waals surface area contributed by atoms with Gasteiger partial charge in [-0.3, -0.25) is 0 Å². The number of carbonyl (C=O) groups is 1. The number of amides is 1. The zero-order valence-electron chi connectivity index (χ0n) is 13.7. The standard InChI is InChI=1S/C20H18N2O3/c21-10-9-20(24)12-22(13-20)19(23)25-11-18-16-7-3-1-5-14(16)15-6-2-4-8-17(15)18/h1-8,18,24H,9,11-13H2. The Balaban J connectivity index is 1.46. The molecule has 1 fully saturated rings. The summed E-state index contributed by atoms with van der Waals surface area (Å²) in [6.45, 7) is 0.564. The molecule has 2 aliphatic rings. The molecule has 0 aromatic heterocycles. The third kappa shape index (κ3) is 2.65. The Labute approximate surface area is 146 Å². The van der Waals surface area contributed by atoms with Crippen molar-refractivity contribution in [2.75, 3.05) is 19.7 Å². The lowest BCUT2D eigenvalue weighted by Gasteiger charge is -2.44. The first-order chi connectivity index (χ1) is 12.1. The van der Waals surface area contributed by atoms with E-state index >= 15 is 0 Å². The van der Waals surface area contributed by atoms with Crippen LogP contribution < -0.4 is 0 Å². The molecule has 0 spiro atoms. The van der Waals surface area contributed by atoms with Crippen molar-refractivity contribution in [2.45, 2.75) is 17.9 Å². The molecule has 5 nitrogen and oxygen atoms in total. The minimum Gasteiger partial charge on any atom is -0.448 e. The Bertz CT molecular complexity index is 820. The van der Waals surface area contributed by atoms with Crippen LogP contribution >= 0.6 is 0 Å². The summed E-state index contributed by atoms with van der Waals surface area (Å²) in [5.74, 6) is 0.0237. The van der Waals surface area contributed by atoms with E-state index in [9.17, 15) is 9.90 Å².